The zero-order valence-electron chi connectivity index (χ0n) is 13.0. The highest BCUT2D eigenvalue weighted by atomic mass is 79.9. The number of nitrogens with one attached hydrogen (secondary N) is 3. The number of fused-ring (bicyclic) bond motifs is 1. The second kappa shape index (κ2) is 8.41. The smallest absolute Gasteiger partial charge is 0.333 e. The second-order valence-electron chi connectivity index (χ2n) is 5.12. The van der Waals surface area contributed by atoms with Crippen LogP contribution in [0.15, 0.2) is 40.2 Å². The number of hydrazine groups is 1. The van der Waals surface area contributed by atoms with Crippen LogP contribution in [-0.4, -0.2) is 23.5 Å². The Bertz CT molecular complexity index is 860. The summed E-state index contributed by atoms with van der Waals surface area (Å²) in [4.78, 5) is 28.5. The van der Waals surface area contributed by atoms with E-state index in [9.17, 15) is 9.59 Å². The molecule has 3 N–H and O–H groups in total. The molecule has 0 aliphatic heterocycles. The Balaban J connectivity index is 1.35. The predicted octanol–water partition coefficient (Wildman–Crippen LogP) is 3.70. The molecule has 2 heterocycles. The van der Waals surface area contributed by atoms with E-state index < -0.39 is 6.03 Å². The van der Waals surface area contributed by atoms with Gasteiger partial charge < -0.3 is 5.32 Å². The van der Waals surface area contributed by atoms with E-state index in [1.807, 2.05) is 18.2 Å². The summed E-state index contributed by atoms with van der Waals surface area (Å²) in [6.07, 6.45) is 1.58. The lowest BCUT2D eigenvalue weighted by molar-refractivity contribution is 0.0940. The molecule has 0 fully saturated rings. The number of halogens is 1. The van der Waals surface area contributed by atoms with Crippen molar-refractivity contribution < 1.29 is 9.59 Å². The minimum Gasteiger partial charge on any atom is -0.337 e. The van der Waals surface area contributed by atoms with Gasteiger partial charge in [-0.1, -0.05) is 12.1 Å². The number of aromatic nitrogens is 1. The highest BCUT2D eigenvalue weighted by Gasteiger charge is 2.09. The Morgan fingerprint density at radius 2 is 1.92 bits per heavy atom. The zero-order valence-corrected chi connectivity index (χ0v) is 16.3. The van der Waals surface area contributed by atoms with Gasteiger partial charge in [-0.3, -0.25) is 10.2 Å². The fourth-order valence-corrected chi connectivity index (χ4v) is 4.41. The van der Waals surface area contributed by atoms with E-state index in [4.69, 9.17) is 0 Å². The Kier molecular flexibility index (Phi) is 6.00. The van der Waals surface area contributed by atoms with Gasteiger partial charge in [-0.25, -0.2) is 15.2 Å². The van der Waals surface area contributed by atoms with Gasteiger partial charge in [0.2, 0.25) is 0 Å². The van der Waals surface area contributed by atoms with Gasteiger partial charge in [-0.2, -0.15) is 0 Å². The first-order valence-corrected chi connectivity index (χ1v) is 9.98. The number of para-hydroxylation sites is 1. The van der Waals surface area contributed by atoms with Crippen LogP contribution in [0.25, 0.3) is 10.2 Å². The molecule has 0 radical (unpaired) electrons. The molecule has 0 spiro atoms. The standard InChI is InChI=1S/C16H15BrN4O2S2/c17-13-8-7-12(24-13)15(22)20-21-16(23)18-9-3-6-14-19-10-4-1-2-5-11(10)25-14/h1-2,4-5,7-8H,3,6,9H2,(H,20,22)(H2,18,21,23). The van der Waals surface area contributed by atoms with Crippen molar-refractivity contribution >= 4 is 60.8 Å². The molecule has 25 heavy (non-hydrogen) atoms. The van der Waals surface area contributed by atoms with Gasteiger partial charge in [0, 0.05) is 13.0 Å². The van der Waals surface area contributed by atoms with Crippen molar-refractivity contribution in [2.45, 2.75) is 12.8 Å². The van der Waals surface area contributed by atoms with Crippen molar-refractivity contribution in [2.24, 2.45) is 0 Å². The van der Waals surface area contributed by atoms with Crippen LogP contribution in [0.5, 0.6) is 0 Å². The molecule has 130 valence electrons. The van der Waals surface area contributed by atoms with Gasteiger partial charge in [-0.05, 0) is 46.6 Å². The van der Waals surface area contributed by atoms with Crippen LogP contribution in [0, 0.1) is 0 Å². The molecule has 0 saturated heterocycles. The number of hydrogen-bond acceptors (Lipinski definition) is 5. The van der Waals surface area contributed by atoms with Crippen molar-refractivity contribution in [1.29, 1.82) is 0 Å². The molecule has 6 nitrogen and oxygen atoms in total. The lowest BCUT2D eigenvalue weighted by Gasteiger charge is -2.07. The van der Waals surface area contributed by atoms with E-state index >= 15 is 0 Å². The van der Waals surface area contributed by atoms with Crippen LogP contribution in [0.2, 0.25) is 0 Å². The zero-order chi connectivity index (χ0) is 17.6. The van der Waals surface area contributed by atoms with Gasteiger partial charge in [0.1, 0.15) is 0 Å². The molecular weight excluding hydrogens is 424 g/mol. The number of rotatable bonds is 5. The summed E-state index contributed by atoms with van der Waals surface area (Å²) < 4.78 is 2.03. The monoisotopic (exact) mass is 438 g/mol. The molecule has 1 aromatic carbocycles. The molecular formula is C16H15BrN4O2S2. The largest absolute Gasteiger partial charge is 0.337 e. The third kappa shape index (κ3) is 5.00. The average Bonchev–Trinajstić information content (AvgIpc) is 3.22. The van der Waals surface area contributed by atoms with E-state index in [-0.39, 0.29) is 5.91 Å². The van der Waals surface area contributed by atoms with Crippen LogP contribution in [0.1, 0.15) is 21.1 Å². The van der Waals surface area contributed by atoms with Crippen molar-refractivity contribution in [3.63, 3.8) is 0 Å². The van der Waals surface area contributed by atoms with Crippen molar-refractivity contribution in [1.82, 2.24) is 21.2 Å². The number of carbonyl (C=O) groups is 2. The van der Waals surface area contributed by atoms with E-state index in [1.54, 1.807) is 23.5 Å². The molecule has 3 rings (SSSR count). The van der Waals surface area contributed by atoms with Gasteiger partial charge in [0.25, 0.3) is 5.91 Å². The first-order chi connectivity index (χ1) is 12.1. The van der Waals surface area contributed by atoms with E-state index in [0.29, 0.717) is 11.4 Å². The van der Waals surface area contributed by atoms with Gasteiger partial charge in [0.05, 0.1) is 23.9 Å². The van der Waals surface area contributed by atoms with Gasteiger partial charge in [0.15, 0.2) is 0 Å². The third-order valence-corrected chi connectivity index (χ3v) is 6.00. The summed E-state index contributed by atoms with van der Waals surface area (Å²) in [7, 11) is 0. The maximum atomic E-state index is 11.8. The minimum atomic E-state index is -0.437. The van der Waals surface area contributed by atoms with Crippen LogP contribution >= 0.6 is 38.6 Å². The van der Waals surface area contributed by atoms with E-state index in [2.05, 4.69) is 43.1 Å². The Morgan fingerprint density at radius 1 is 1.08 bits per heavy atom. The molecule has 0 atom stereocenters. The number of nitrogens with zero attached hydrogens (tertiary/aromatic N) is 1. The SMILES string of the molecule is O=C(NCCCc1nc2ccccc2s1)NNC(=O)c1ccc(Br)s1. The number of benzene rings is 1. The first kappa shape index (κ1) is 17.8. The number of amides is 3. The minimum absolute atomic E-state index is 0.347. The number of aryl methyl sites for hydroxylation is 1. The van der Waals surface area contributed by atoms with Crippen molar-refractivity contribution in [2.75, 3.05) is 6.54 Å². The van der Waals surface area contributed by atoms with Gasteiger partial charge >= 0.3 is 6.03 Å². The van der Waals surface area contributed by atoms with Crippen LogP contribution in [0.3, 0.4) is 0 Å². The molecule has 0 aliphatic carbocycles. The number of thiophene rings is 1. The summed E-state index contributed by atoms with van der Waals surface area (Å²) in [5.41, 5.74) is 5.72. The maximum absolute atomic E-state index is 11.8. The number of hydrogen-bond donors (Lipinski definition) is 3. The van der Waals surface area contributed by atoms with E-state index in [0.717, 1.165) is 27.2 Å². The molecule has 0 bridgehead atoms. The topological polar surface area (TPSA) is 83.1 Å². The molecule has 0 saturated carbocycles. The van der Waals surface area contributed by atoms with E-state index in [1.165, 1.54) is 16.0 Å². The average molecular weight is 439 g/mol. The number of urea groups is 1. The number of carbonyl (C=O) groups excluding carboxylic acids is 2. The predicted molar refractivity (Wildman–Crippen MR) is 104 cm³/mol. The van der Waals surface area contributed by atoms with Crippen LogP contribution < -0.4 is 16.2 Å². The fourth-order valence-electron chi connectivity index (χ4n) is 2.12. The molecule has 9 heteroatoms. The van der Waals surface area contributed by atoms with Crippen LogP contribution in [-0.2, 0) is 6.42 Å². The first-order valence-electron chi connectivity index (χ1n) is 7.56. The quantitative estimate of drug-likeness (QED) is 0.419. The molecule has 3 aromatic rings. The highest BCUT2D eigenvalue weighted by molar-refractivity contribution is 9.11. The maximum Gasteiger partial charge on any atom is 0.333 e. The van der Waals surface area contributed by atoms with Crippen molar-refractivity contribution in [3.8, 4) is 0 Å². The Morgan fingerprint density at radius 3 is 2.68 bits per heavy atom. The summed E-state index contributed by atoms with van der Waals surface area (Å²) >= 11 is 6.25. The summed E-state index contributed by atoms with van der Waals surface area (Å²) in [5, 5.41) is 3.76. The summed E-state index contributed by atoms with van der Waals surface area (Å²) in [6, 6.07) is 11.0. The summed E-state index contributed by atoms with van der Waals surface area (Å²) in [6.45, 7) is 0.502. The fraction of sp³-hybridized carbons (Fsp3) is 0.188. The highest BCUT2D eigenvalue weighted by Crippen LogP contribution is 2.22. The third-order valence-electron chi connectivity index (χ3n) is 3.28. The Labute approximate surface area is 160 Å². The number of thiazole rings is 1. The molecule has 0 aliphatic rings. The van der Waals surface area contributed by atoms with Gasteiger partial charge in [-0.15, -0.1) is 22.7 Å². The lowest BCUT2D eigenvalue weighted by Crippen LogP contribution is -2.47. The Hall–Kier alpha value is -1.97. The van der Waals surface area contributed by atoms with Crippen molar-refractivity contribution in [3.05, 3.63) is 50.1 Å². The molecule has 2 aromatic heterocycles. The normalized spacial score (nSPS) is 10.6. The molecule has 3 amide bonds. The van der Waals surface area contributed by atoms with Crippen LogP contribution in [0.4, 0.5) is 4.79 Å². The summed E-state index contributed by atoms with van der Waals surface area (Å²) in [5.74, 6) is -0.347. The lowest BCUT2D eigenvalue weighted by atomic mass is 10.3. The second-order valence-corrected chi connectivity index (χ2v) is 8.70. The molecule has 0 unspecified atom stereocenters.